The minimum atomic E-state index is 0.0868. The Balaban J connectivity index is 1.86. The Kier molecular flexibility index (Phi) is 3.30. The molecule has 0 N–H and O–H groups in total. The fraction of sp³-hybridized carbons (Fsp3) is 0.385. The molecule has 0 spiro atoms. The zero-order valence-corrected chi connectivity index (χ0v) is 11.8. The van der Waals surface area contributed by atoms with Gasteiger partial charge in [0.05, 0.1) is 15.2 Å². The molecular weight excluding hydrogens is 274 g/mol. The van der Waals surface area contributed by atoms with E-state index < -0.39 is 0 Å². The zero-order chi connectivity index (χ0) is 14.1. The minimum absolute atomic E-state index is 0.0868. The van der Waals surface area contributed by atoms with Crippen LogP contribution in [-0.4, -0.2) is 24.0 Å². The Bertz CT molecular complexity index is 719. The molecule has 0 bridgehead atoms. The first-order valence-electron chi connectivity index (χ1n) is 6.36. The molecule has 0 aliphatic carbocycles. The first-order valence-corrected chi connectivity index (χ1v) is 7.17. The van der Waals surface area contributed by atoms with Crippen LogP contribution in [0.15, 0.2) is 23.3 Å². The summed E-state index contributed by atoms with van der Waals surface area (Å²) < 4.78 is 1.09. The Morgan fingerprint density at radius 2 is 2.45 bits per heavy atom. The molecule has 6 nitrogen and oxygen atoms in total. The molecule has 1 aromatic heterocycles. The number of fused-ring (bicyclic) bond motifs is 1. The van der Waals surface area contributed by atoms with Crippen molar-refractivity contribution >= 4 is 33.1 Å². The maximum absolute atomic E-state index is 12.1. The molecule has 102 valence electrons. The molecule has 2 aromatic rings. The molecule has 1 aliphatic rings. The van der Waals surface area contributed by atoms with E-state index in [2.05, 4.69) is 15.0 Å². The summed E-state index contributed by atoms with van der Waals surface area (Å²) in [5, 5.41) is 4.58. The smallest absolute Gasteiger partial charge is 0.227 e. The number of benzene rings is 1. The highest BCUT2D eigenvalue weighted by atomic mass is 32.1. The van der Waals surface area contributed by atoms with Gasteiger partial charge in [0, 0.05) is 30.1 Å². The van der Waals surface area contributed by atoms with Gasteiger partial charge in [0.25, 0.3) is 0 Å². The van der Waals surface area contributed by atoms with Gasteiger partial charge in [-0.1, -0.05) is 5.11 Å². The molecule has 2 heterocycles. The van der Waals surface area contributed by atoms with Crippen LogP contribution in [0, 0.1) is 12.8 Å². The quantitative estimate of drug-likeness (QED) is 0.493. The second kappa shape index (κ2) is 5.11. The van der Waals surface area contributed by atoms with E-state index in [1.165, 1.54) is 0 Å². The fourth-order valence-electron chi connectivity index (χ4n) is 2.50. The van der Waals surface area contributed by atoms with Gasteiger partial charge in [0.2, 0.25) is 5.91 Å². The van der Waals surface area contributed by atoms with Crippen molar-refractivity contribution in [1.82, 2.24) is 4.98 Å². The summed E-state index contributed by atoms with van der Waals surface area (Å²) in [7, 11) is 0. The van der Waals surface area contributed by atoms with Crippen molar-refractivity contribution in [3.05, 3.63) is 33.6 Å². The summed E-state index contributed by atoms with van der Waals surface area (Å²) in [4.78, 5) is 21.0. The number of nitrogens with zero attached hydrogens (tertiary/aromatic N) is 5. The van der Waals surface area contributed by atoms with E-state index in [9.17, 15) is 4.79 Å². The van der Waals surface area contributed by atoms with Crippen LogP contribution in [0.3, 0.4) is 0 Å². The molecule has 20 heavy (non-hydrogen) atoms. The van der Waals surface area contributed by atoms with Crippen molar-refractivity contribution in [3.8, 4) is 0 Å². The lowest BCUT2D eigenvalue weighted by Crippen LogP contribution is -2.24. The van der Waals surface area contributed by atoms with E-state index in [0.29, 0.717) is 19.5 Å². The third kappa shape index (κ3) is 2.33. The number of carbonyl (C=O) groups excluding carboxylic acids is 1. The van der Waals surface area contributed by atoms with E-state index in [4.69, 9.17) is 5.53 Å². The Morgan fingerprint density at radius 1 is 1.60 bits per heavy atom. The summed E-state index contributed by atoms with van der Waals surface area (Å²) in [6.07, 6.45) is 0.443. The molecule has 1 amide bonds. The van der Waals surface area contributed by atoms with Crippen molar-refractivity contribution < 1.29 is 4.79 Å². The molecule has 1 atom stereocenters. The average Bonchev–Trinajstić information content (AvgIpc) is 2.97. The van der Waals surface area contributed by atoms with Gasteiger partial charge in [-0.05, 0) is 36.6 Å². The lowest BCUT2D eigenvalue weighted by Gasteiger charge is -2.16. The number of hydrogen-bond acceptors (Lipinski definition) is 4. The second-order valence-corrected chi connectivity index (χ2v) is 6.11. The topological polar surface area (TPSA) is 82.0 Å². The van der Waals surface area contributed by atoms with Crippen LogP contribution in [0.4, 0.5) is 5.69 Å². The summed E-state index contributed by atoms with van der Waals surface area (Å²) in [6, 6.07) is 5.88. The van der Waals surface area contributed by atoms with Crippen molar-refractivity contribution in [2.45, 2.75) is 13.3 Å². The summed E-state index contributed by atoms with van der Waals surface area (Å²) in [5.41, 5.74) is 10.2. The predicted octanol–water partition coefficient (Wildman–Crippen LogP) is 3.27. The molecule has 7 heteroatoms. The number of thiazole rings is 1. The van der Waals surface area contributed by atoms with E-state index in [-0.39, 0.29) is 11.8 Å². The van der Waals surface area contributed by atoms with E-state index in [0.717, 1.165) is 20.9 Å². The molecule has 0 saturated carbocycles. The van der Waals surface area contributed by atoms with Crippen molar-refractivity contribution in [3.63, 3.8) is 0 Å². The van der Waals surface area contributed by atoms with Gasteiger partial charge in [0.1, 0.15) is 0 Å². The van der Waals surface area contributed by atoms with Gasteiger partial charge in [-0.15, -0.1) is 11.3 Å². The highest BCUT2D eigenvalue weighted by Crippen LogP contribution is 2.30. The normalized spacial score (nSPS) is 18.6. The highest BCUT2D eigenvalue weighted by Gasteiger charge is 2.30. The summed E-state index contributed by atoms with van der Waals surface area (Å²) >= 11 is 1.63. The molecule has 1 aliphatic heterocycles. The molecule has 0 radical (unpaired) electrons. The lowest BCUT2D eigenvalue weighted by molar-refractivity contribution is -0.117. The molecule has 1 saturated heterocycles. The number of carbonyl (C=O) groups is 1. The van der Waals surface area contributed by atoms with Gasteiger partial charge in [-0.25, -0.2) is 4.98 Å². The van der Waals surface area contributed by atoms with Gasteiger partial charge < -0.3 is 4.90 Å². The van der Waals surface area contributed by atoms with E-state index in [1.54, 1.807) is 16.2 Å². The van der Waals surface area contributed by atoms with Gasteiger partial charge in [0.15, 0.2) is 0 Å². The van der Waals surface area contributed by atoms with Crippen LogP contribution < -0.4 is 4.90 Å². The van der Waals surface area contributed by atoms with Gasteiger partial charge in [-0.3, -0.25) is 4.79 Å². The Morgan fingerprint density at radius 3 is 3.25 bits per heavy atom. The first-order chi connectivity index (χ1) is 9.67. The number of amides is 1. The maximum atomic E-state index is 12.1. The number of rotatable bonds is 3. The monoisotopic (exact) mass is 287 g/mol. The zero-order valence-electron chi connectivity index (χ0n) is 11.0. The van der Waals surface area contributed by atoms with Crippen LogP contribution in [-0.2, 0) is 4.79 Å². The average molecular weight is 287 g/mol. The van der Waals surface area contributed by atoms with Crippen molar-refractivity contribution in [2.24, 2.45) is 11.0 Å². The number of azide groups is 1. The predicted molar refractivity (Wildman–Crippen MR) is 78.8 cm³/mol. The first kappa shape index (κ1) is 12.9. The van der Waals surface area contributed by atoms with E-state index >= 15 is 0 Å². The fourth-order valence-corrected chi connectivity index (χ4v) is 3.36. The Labute approximate surface area is 119 Å². The molecule has 1 fully saturated rings. The van der Waals surface area contributed by atoms with Gasteiger partial charge >= 0.3 is 0 Å². The van der Waals surface area contributed by atoms with Crippen LogP contribution in [0.2, 0.25) is 0 Å². The number of aryl methyl sites for hydroxylation is 1. The van der Waals surface area contributed by atoms with Crippen LogP contribution in [0.5, 0.6) is 0 Å². The molecule has 3 rings (SSSR count). The van der Waals surface area contributed by atoms with Crippen LogP contribution in [0.25, 0.3) is 20.7 Å². The molecule has 1 aromatic carbocycles. The third-order valence-electron chi connectivity index (χ3n) is 3.40. The Hall–Kier alpha value is -2.11. The van der Waals surface area contributed by atoms with Crippen molar-refractivity contribution in [1.29, 1.82) is 0 Å². The number of anilines is 1. The number of aromatic nitrogens is 1. The number of hydrogen-bond donors (Lipinski definition) is 0. The largest absolute Gasteiger partial charge is 0.312 e. The third-order valence-corrected chi connectivity index (χ3v) is 4.33. The molecule has 1 unspecified atom stereocenters. The standard InChI is InChI=1S/C13H13N5OS/c1-8-16-11-3-2-10(5-12(11)20-8)18-7-9(4-13(18)19)6-15-17-14/h2-3,5,9H,4,6-7H2,1H3. The summed E-state index contributed by atoms with van der Waals surface area (Å²) in [5.74, 6) is 0.195. The SMILES string of the molecule is Cc1nc2ccc(N3CC(CN=[N+]=[N-])CC3=O)cc2s1. The van der Waals surface area contributed by atoms with Crippen LogP contribution >= 0.6 is 11.3 Å². The maximum Gasteiger partial charge on any atom is 0.227 e. The second-order valence-electron chi connectivity index (χ2n) is 4.87. The lowest BCUT2D eigenvalue weighted by atomic mass is 10.1. The summed E-state index contributed by atoms with van der Waals surface area (Å²) in [6.45, 7) is 2.96. The van der Waals surface area contributed by atoms with Crippen LogP contribution in [0.1, 0.15) is 11.4 Å². The molecular formula is C13H13N5OS. The minimum Gasteiger partial charge on any atom is -0.312 e. The van der Waals surface area contributed by atoms with Gasteiger partial charge in [-0.2, -0.15) is 0 Å². The van der Waals surface area contributed by atoms with E-state index in [1.807, 2.05) is 25.1 Å². The highest BCUT2D eigenvalue weighted by molar-refractivity contribution is 7.18. The van der Waals surface area contributed by atoms with Crippen molar-refractivity contribution in [2.75, 3.05) is 18.0 Å².